The molecule has 1 unspecified atom stereocenters. The van der Waals surface area contributed by atoms with Crippen LogP contribution in [0.2, 0.25) is 0 Å². The second-order valence-electron chi connectivity index (χ2n) is 6.27. The minimum absolute atomic E-state index is 0.126. The summed E-state index contributed by atoms with van der Waals surface area (Å²) in [6.07, 6.45) is 3.25. The van der Waals surface area contributed by atoms with Gasteiger partial charge in [-0.25, -0.2) is 0 Å². The molecule has 1 aromatic rings. The quantitative estimate of drug-likeness (QED) is 0.839. The minimum Gasteiger partial charge on any atom is -0.394 e. The SMILES string of the molecule is Cc1ccc(NC2(CO)CCC(C)(C)C2)cc1. The van der Waals surface area contributed by atoms with Crippen molar-refractivity contribution in [3.8, 4) is 0 Å². The van der Waals surface area contributed by atoms with Crippen molar-refractivity contribution in [2.75, 3.05) is 11.9 Å². The van der Waals surface area contributed by atoms with Gasteiger partial charge in [0.25, 0.3) is 0 Å². The molecule has 0 radical (unpaired) electrons. The zero-order valence-electron chi connectivity index (χ0n) is 11.1. The van der Waals surface area contributed by atoms with Crippen molar-refractivity contribution in [2.45, 2.75) is 45.6 Å². The molecule has 0 heterocycles. The van der Waals surface area contributed by atoms with E-state index in [0.717, 1.165) is 18.5 Å². The number of anilines is 1. The molecule has 2 rings (SSSR count). The second kappa shape index (κ2) is 4.34. The van der Waals surface area contributed by atoms with Gasteiger partial charge in [-0.1, -0.05) is 31.5 Å². The molecule has 1 saturated carbocycles. The van der Waals surface area contributed by atoms with Crippen molar-refractivity contribution >= 4 is 5.69 Å². The van der Waals surface area contributed by atoms with E-state index in [2.05, 4.69) is 50.4 Å². The van der Waals surface area contributed by atoms with Gasteiger partial charge < -0.3 is 10.4 Å². The van der Waals surface area contributed by atoms with Crippen LogP contribution >= 0.6 is 0 Å². The van der Waals surface area contributed by atoms with E-state index in [-0.39, 0.29) is 12.1 Å². The Morgan fingerprint density at radius 1 is 1.18 bits per heavy atom. The van der Waals surface area contributed by atoms with Crippen molar-refractivity contribution in [1.82, 2.24) is 0 Å². The van der Waals surface area contributed by atoms with Crippen LogP contribution in [0.4, 0.5) is 5.69 Å². The molecule has 0 amide bonds. The monoisotopic (exact) mass is 233 g/mol. The van der Waals surface area contributed by atoms with Gasteiger partial charge >= 0.3 is 0 Å². The normalized spacial score (nSPS) is 27.1. The maximum Gasteiger partial charge on any atom is 0.0661 e. The molecule has 1 aromatic carbocycles. The fourth-order valence-corrected chi connectivity index (χ4v) is 2.89. The van der Waals surface area contributed by atoms with Crippen molar-refractivity contribution in [3.63, 3.8) is 0 Å². The lowest BCUT2D eigenvalue weighted by molar-refractivity contribution is 0.202. The van der Waals surface area contributed by atoms with Gasteiger partial charge in [-0.05, 0) is 43.7 Å². The van der Waals surface area contributed by atoms with Gasteiger partial charge in [-0.2, -0.15) is 0 Å². The van der Waals surface area contributed by atoms with Crippen LogP contribution in [0.1, 0.15) is 38.7 Å². The zero-order valence-corrected chi connectivity index (χ0v) is 11.1. The third kappa shape index (κ3) is 2.81. The topological polar surface area (TPSA) is 32.3 Å². The molecule has 2 N–H and O–H groups in total. The summed E-state index contributed by atoms with van der Waals surface area (Å²) in [7, 11) is 0. The Hall–Kier alpha value is -1.02. The average Bonchev–Trinajstić information content (AvgIpc) is 2.59. The largest absolute Gasteiger partial charge is 0.394 e. The number of aliphatic hydroxyl groups is 1. The van der Waals surface area contributed by atoms with E-state index in [9.17, 15) is 5.11 Å². The number of rotatable bonds is 3. The van der Waals surface area contributed by atoms with E-state index in [1.165, 1.54) is 12.0 Å². The Morgan fingerprint density at radius 3 is 2.29 bits per heavy atom. The van der Waals surface area contributed by atoms with Crippen molar-refractivity contribution < 1.29 is 5.11 Å². The number of aliphatic hydroxyl groups excluding tert-OH is 1. The third-order valence-electron chi connectivity index (χ3n) is 3.86. The van der Waals surface area contributed by atoms with E-state index in [4.69, 9.17) is 0 Å². The van der Waals surface area contributed by atoms with Crippen LogP contribution in [-0.2, 0) is 0 Å². The Labute approximate surface area is 104 Å². The first-order chi connectivity index (χ1) is 7.95. The fraction of sp³-hybridized carbons (Fsp3) is 0.600. The molecule has 0 spiro atoms. The molecule has 1 aliphatic rings. The maximum absolute atomic E-state index is 9.70. The third-order valence-corrected chi connectivity index (χ3v) is 3.86. The Bertz CT molecular complexity index is 382. The molecule has 2 nitrogen and oxygen atoms in total. The smallest absolute Gasteiger partial charge is 0.0661 e. The van der Waals surface area contributed by atoms with Crippen LogP contribution in [0.5, 0.6) is 0 Å². The van der Waals surface area contributed by atoms with Crippen LogP contribution in [-0.4, -0.2) is 17.3 Å². The number of hydrogen-bond acceptors (Lipinski definition) is 2. The lowest BCUT2D eigenvalue weighted by Crippen LogP contribution is -2.40. The van der Waals surface area contributed by atoms with E-state index in [1.54, 1.807) is 0 Å². The van der Waals surface area contributed by atoms with Crippen molar-refractivity contribution in [2.24, 2.45) is 5.41 Å². The molecule has 0 aliphatic heterocycles. The summed E-state index contributed by atoms with van der Waals surface area (Å²) in [6.45, 7) is 6.86. The van der Waals surface area contributed by atoms with E-state index in [1.807, 2.05) is 0 Å². The van der Waals surface area contributed by atoms with Gasteiger partial charge in [0, 0.05) is 5.69 Å². The summed E-state index contributed by atoms with van der Waals surface area (Å²) >= 11 is 0. The summed E-state index contributed by atoms with van der Waals surface area (Å²) in [5, 5.41) is 13.2. The van der Waals surface area contributed by atoms with Gasteiger partial charge in [-0.3, -0.25) is 0 Å². The predicted octanol–water partition coefficient (Wildman–Crippen LogP) is 3.35. The Morgan fingerprint density at radius 2 is 1.82 bits per heavy atom. The Kier molecular flexibility index (Phi) is 3.17. The van der Waals surface area contributed by atoms with E-state index >= 15 is 0 Å². The van der Waals surface area contributed by atoms with Gasteiger partial charge in [-0.15, -0.1) is 0 Å². The molecule has 0 aromatic heterocycles. The molecule has 17 heavy (non-hydrogen) atoms. The first-order valence-electron chi connectivity index (χ1n) is 6.41. The predicted molar refractivity (Wildman–Crippen MR) is 72.3 cm³/mol. The highest BCUT2D eigenvalue weighted by atomic mass is 16.3. The van der Waals surface area contributed by atoms with Crippen molar-refractivity contribution in [1.29, 1.82) is 0 Å². The summed E-state index contributed by atoms with van der Waals surface area (Å²) in [4.78, 5) is 0. The zero-order chi connectivity index (χ0) is 12.5. The van der Waals surface area contributed by atoms with Gasteiger partial charge in [0.2, 0.25) is 0 Å². The van der Waals surface area contributed by atoms with Gasteiger partial charge in [0.1, 0.15) is 0 Å². The number of benzene rings is 1. The fourth-order valence-electron chi connectivity index (χ4n) is 2.89. The summed E-state index contributed by atoms with van der Waals surface area (Å²) in [5.74, 6) is 0. The molecule has 0 bridgehead atoms. The van der Waals surface area contributed by atoms with Crippen LogP contribution in [0.3, 0.4) is 0 Å². The second-order valence-corrected chi connectivity index (χ2v) is 6.27. The lowest BCUT2D eigenvalue weighted by Gasteiger charge is -2.31. The summed E-state index contributed by atoms with van der Waals surface area (Å²) in [6, 6.07) is 8.40. The maximum atomic E-state index is 9.70. The summed E-state index contributed by atoms with van der Waals surface area (Å²) in [5.41, 5.74) is 2.59. The van der Waals surface area contributed by atoms with Crippen LogP contribution < -0.4 is 5.32 Å². The number of nitrogens with one attached hydrogen (secondary N) is 1. The van der Waals surface area contributed by atoms with Gasteiger partial charge in [0.05, 0.1) is 12.1 Å². The standard InChI is InChI=1S/C15H23NO/c1-12-4-6-13(7-5-12)16-15(11-17)9-8-14(2,3)10-15/h4-7,16-17H,8-11H2,1-3H3. The number of hydrogen-bond donors (Lipinski definition) is 2. The van der Waals surface area contributed by atoms with Crippen LogP contribution in [0.25, 0.3) is 0 Å². The molecule has 1 atom stereocenters. The van der Waals surface area contributed by atoms with Crippen molar-refractivity contribution in [3.05, 3.63) is 29.8 Å². The molecular weight excluding hydrogens is 210 g/mol. The first-order valence-corrected chi connectivity index (χ1v) is 6.41. The molecule has 0 saturated heterocycles. The molecule has 1 aliphatic carbocycles. The molecule has 1 fully saturated rings. The first kappa shape index (κ1) is 12.4. The lowest BCUT2D eigenvalue weighted by atomic mass is 9.88. The van der Waals surface area contributed by atoms with Crippen LogP contribution in [0.15, 0.2) is 24.3 Å². The van der Waals surface area contributed by atoms with E-state index in [0.29, 0.717) is 5.41 Å². The highest BCUT2D eigenvalue weighted by molar-refractivity contribution is 5.47. The average molecular weight is 233 g/mol. The Balaban J connectivity index is 2.13. The summed E-state index contributed by atoms with van der Waals surface area (Å²) < 4.78 is 0. The highest BCUT2D eigenvalue weighted by Gasteiger charge is 2.42. The number of aryl methyl sites for hydroxylation is 1. The van der Waals surface area contributed by atoms with E-state index < -0.39 is 0 Å². The van der Waals surface area contributed by atoms with Crippen LogP contribution in [0, 0.1) is 12.3 Å². The minimum atomic E-state index is -0.126. The highest BCUT2D eigenvalue weighted by Crippen LogP contribution is 2.44. The molecule has 94 valence electrons. The molecular formula is C15H23NO. The molecule has 2 heteroatoms. The van der Waals surface area contributed by atoms with Gasteiger partial charge in [0.15, 0.2) is 0 Å².